The zero-order valence-corrected chi connectivity index (χ0v) is 20.8. The van der Waals surface area contributed by atoms with Gasteiger partial charge in [-0.05, 0) is 61.7 Å². The Labute approximate surface area is 195 Å². The minimum Gasteiger partial charge on any atom is -0.484 e. The lowest BCUT2D eigenvalue weighted by atomic mass is 10.1. The fraction of sp³-hybridized carbons (Fsp3) is 0.391. The molecule has 0 bridgehead atoms. The first-order valence-corrected chi connectivity index (χ1v) is 11.6. The first-order chi connectivity index (χ1) is 14.3. The molecule has 2 rings (SSSR count). The van der Waals surface area contributed by atoms with Gasteiger partial charge in [-0.2, -0.15) is 0 Å². The summed E-state index contributed by atoms with van der Waals surface area (Å²) in [7, 11) is 0. The van der Waals surface area contributed by atoms with Crippen LogP contribution in [-0.4, -0.2) is 35.9 Å². The molecule has 0 saturated heterocycles. The zero-order chi connectivity index (χ0) is 22.1. The number of ether oxygens (including phenoxy) is 1. The van der Waals surface area contributed by atoms with E-state index in [9.17, 15) is 9.59 Å². The van der Waals surface area contributed by atoms with Crippen molar-refractivity contribution in [3.63, 3.8) is 0 Å². The van der Waals surface area contributed by atoms with E-state index in [0.29, 0.717) is 18.8 Å². The molecule has 5 nitrogen and oxygen atoms in total. The number of halogens is 2. The summed E-state index contributed by atoms with van der Waals surface area (Å²) < 4.78 is 7.66. The van der Waals surface area contributed by atoms with Gasteiger partial charge in [0, 0.05) is 22.0 Å². The van der Waals surface area contributed by atoms with E-state index in [1.165, 1.54) is 0 Å². The van der Waals surface area contributed by atoms with Crippen molar-refractivity contribution in [2.24, 2.45) is 0 Å². The van der Waals surface area contributed by atoms with Crippen LogP contribution in [0.3, 0.4) is 0 Å². The molecule has 0 radical (unpaired) electrons. The summed E-state index contributed by atoms with van der Waals surface area (Å²) in [5.41, 5.74) is 1.97. The van der Waals surface area contributed by atoms with Crippen molar-refractivity contribution in [1.82, 2.24) is 10.2 Å². The van der Waals surface area contributed by atoms with Gasteiger partial charge < -0.3 is 15.0 Å². The van der Waals surface area contributed by atoms with Crippen LogP contribution < -0.4 is 10.1 Å². The van der Waals surface area contributed by atoms with E-state index in [1.54, 1.807) is 11.8 Å². The maximum Gasteiger partial charge on any atom is 0.261 e. The topological polar surface area (TPSA) is 58.6 Å². The molecule has 0 spiro atoms. The van der Waals surface area contributed by atoms with Crippen LogP contribution in [0.1, 0.15) is 37.8 Å². The molecule has 0 aromatic heterocycles. The molecule has 1 N–H and O–H groups in total. The maximum absolute atomic E-state index is 13.0. The molecule has 0 aliphatic heterocycles. The van der Waals surface area contributed by atoms with Gasteiger partial charge in [-0.25, -0.2) is 0 Å². The fourth-order valence-electron chi connectivity index (χ4n) is 2.84. The van der Waals surface area contributed by atoms with Crippen molar-refractivity contribution in [2.75, 3.05) is 13.2 Å². The van der Waals surface area contributed by atoms with Gasteiger partial charge in [-0.15, -0.1) is 0 Å². The van der Waals surface area contributed by atoms with E-state index in [2.05, 4.69) is 44.1 Å². The van der Waals surface area contributed by atoms with Crippen LogP contribution in [0, 0.1) is 6.92 Å². The Morgan fingerprint density at radius 2 is 1.83 bits per heavy atom. The van der Waals surface area contributed by atoms with Crippen molar-refractivity contribution in [2.45, 2.75) is 46.2 Å². The second kappa shape index (κ2) is 12.1. The smallest absolute Gasteiger partial charge is 0.261 e. The number of unbranched alkanes of at least 4 members (excludes halogenated alkanes) is 1. The zero-order valence-electron chi connectivity index (χ0n) is 17.6. The molecule has 1 atom stereocenters. The van der Waals surface area contributed by atoms with E-state index >= 15 is 0 Å². The summed E-state index contributed by atoms with van der Waals surface area (Å²) in [6, 6.07) is 12.7. The summed E-state index contributed by atoms with van der Waals surface area (Å²) in [6.45, 7) is 6.58. The van der Waals surface area contributed by atoms with E-state index in [4.69, 9.17) is 4.74 Å². The van der Waals surface area contributed by atoms with Gasteiger partial charge in [-0.1, -0.05) is 57.3 Å². The number of hydrogen-bond acceptors (Lipinski definition) is 3. The van der Waals surface area contributed by atoms with Crippen LogP contribution in [0.2, 0.25) is 0 Å². The molecule has 2 aromatic carbocycles. The molecule has 30 heavy (non-hydrogen) atoms. The van der Waals surface area contributed by atoms with Gasteiger partial charge in [0.25, 0.3) is 5.91 Å². The Hall–Kier alpha value is -1.86. The minimum atomic E-state index is -0.603. The van der Waals surface area contributed by atoms with Crippen LogP contribution in [0.25, 0.3) is 0 Å². The number of carbonyl (C=O) groups excluding carboxylic acids is 2. The Kier molecular flexibility index (Phi) is 9.85. The normalized spacial score (nSPS) is 11.6. The lowest BCUT2D eigenvalue weighted by molar-refractivity contribution is -0.142. The number of amides is 2. The lowest BCUT2D eigenvalue weighted by Gasteiger charge is -2.28. The first-order valence-electron chi connectivity index (χ1n) is 10.0. The lowest BCUT2D eigenvalue weighted by Crippen LogP contribution is -2.49. The molecule has 0 unspecified atom stereocenters. The Morgan fingerprint density at radius 1 is 1.13 bits per heavy atom. The predicted octanol–water partition coefficient (Wildman–Crippen LogP) is 5.23. The van der Waals surface area contributed by atoms with Gasteiger partial charge >= 0.3 is 0 Å². The molecule has 0 aliphatic carbocycles. The quantitative estimate of drug-likeness (QED) is 0.420. The molecule has 0 aliphatic rings. The molecular formula is C23H28Br2N2O3. The average molecular weight is 540 g/mol. The van der Waals surface area contributed by atoms with Gasteiger partial charge in [-0.3, -0.25) is 9.59 Å². The summed E-state index contributed by atoms with van der Waals surface area (Å²) in [6.07, 6.45) is 1.90. The van der Waals surface area contributed by atoms with Gasteiger partial charge in [0.2, 0.25) is 5.91 Å². The van der Waals surface area contributed by atoms with E-state index < -0.39 is 6.04 Å². The van der Waals surface area contributed by atoms with Crippen LogP contribution in [0.5, 0.6) is 5.75 Å². The van der Waals surface area contributed by atoms with E-state index in [1.807, 2.05) is 49.4 Å². The standard InChI is InChI=1S/C23H28Br2N2O3/c1-4-5-12-26-23(29)17(3)27(14-18-6-8-19(24)9-7-18)22(28)15-30-20-10-11-21(25)16(2)13-20/h6-11,13,17H,4-5,12,14-15H2,1-3H3,(H,26,29)/t17-/m1/s1. The van der Waals surface area contributed by atoms with Crippen molar-refractivity contribution in [3.05, 3.63) is 62.5 Å². The average Bonchev–Trinajstić information content (AvgIpc) is 2.73. The van der Waals surface area contributed by atoms with Gasteiger partial charge in [0.15, 0.2) is 6.61 Å². The monoisotopic (exact) mass is 538 g/mol. The fourth-order valence-corrected chi connectivity index (χ4v) is 3.35. The Balaban J connectivity index is 2.11. The van der Waals surface area contributed by atoms with Crippen molar-refractivity contribution >= 4 is 43.7 Å². The Bertz CT molecular complexity index is 856. The van der Waals surface area contributed by atoms with Crippen LogP contribution in [0.4, 0.5) is 0 Å². The molecule has 0 saturated carbocycles. The minimum absolute atomic E-state index is 0.135. The summed E-state index contributed by atoms with van der Waals surface area (Å²) in [5.74, 6) is 0.220. The molecule has 7 heteroatoms. The molecule has 2 aromatic rings. The first kappa shape index (κ1) is 24.4. The Morgan fingerprint density at radius 3 is 2.47 bits per heavy atom. The summed E-state index contributed by atoms with van der Waals surface area (Å²) >= 11 is 6.88. The highest BCUT2D eigenvalue weighted by molar-refractivity contribution is 9.10. The van der Waals surface area contributed by atoms with Crippen molar-refractivity contribution in [1.29, 1.82) is 0 Å². The number of nitrogens with zero attached hydrogens (tertiary/aromatic N) is 1. The number of benzene rings is 2. The second-order valence-electron chi connectivity index (χ2n) is 7.17. The van der Waals surface area contributed by atoms with Crippen molar-refractivity contribution in [3.8, 4) is 5.75 Å². The van der Waals surface area contributed by atoms with Gasteiger partial charge in [0.1, 0.15) is 11.8 Å². The molecule has 162 valence electrons. The number of hydrogen-bond donors (Lipinski definition) is 1. The molecule has 0 fully saturated rings. The third-order valence-corrected chi connectivity index (χ3v) is 6.17. The molecule has 0 heterocycles. The van der Waals surface area contributed by atoms with Crippen LogP contribution >= 0.6 is 31.9 Å². The number of rotatable bonds is 10. The molecular weight excluding hydrogens is 512 g/mol. The number of aryl methyl sites for hydroxylation is 1. The molecule has 2 amide bonds. The van der Waals surface area contributed by atoms with Gasteiger partial charge in [0.05, 0.1) is 0 Å². The van der Waals surface area contributed by atoms with E-state index in [0.717, 1.165) is 32.9 Å². The summed E-state index contributed by atoms with van der Waals surface area (Å²) in [5, 5.41) is 2.91. The predicted molar refractivity (Wildman–Crippen MR) is 126 cm³/mol. The third kappa shape index (κ3) is 7.43. The van der Waals surface area contributed by atoms with Crippen LogP contribution in [0.15, 0.2) is 51.4 Å². The number of nitrogens with one attached hydrogen (secondary N) is 1. The third-order valence-electron chi connectivity index (χ3n) is 4.75. The maximum atomic E-state index is 13.0. The largest absolute Gasteiger partial charge is 0.484 e. The van der Waals surface area contributed by atoms with E-state index in [-0.39, 0.29) is 18.4 Å². The highest BCUT2D eigenvalue weighted by atomic mass is 79.9. The SMILES string of the molecule is CCCCNC(=O)[C@@H](C)N(Cc1ccc(Br)cc1)C(=O)COc1ccc(Br)c(C)c1. The number of carbonyl (C=O) groups is 2. The summed E-state index contributed by atoms with van der Waals surface area (Å²) in [4.78, 5) is 27.2. The highest BCUT2D eigenvalue weighted by Gasteiger charge is 2.26. The van der Waals surface area contributed by atoms with Crippen molar-refractivity contribution < 1.29 is 14.3 Å². The van der Waals surface area contributed by atoms with Crippen LogP contribution in [-0.2, 0) is 16.1 Å². The second-order valence-corrected chi connectivity index (χ2v) is 8.94. The highest BCUT2D eigenvalue weighted by Crippen LogP contribution is 2.22.